The van der Waals surface area contributed by atoms with Gasteiger partial charge in [-0.1, -0.05) is 66.7 Å². The van der Waals surface area contributed by atoms with E-state index in [4.69, 9.17) is 9.47 Å². The Labute approximate surface area is 124 Å². The van der Waals surface area contributed by atoms with E-state index in [-0.39, 0.29) is 13.2 Å². The van der Waals surface area contributed by atoms with Crippen LogP contribution < -0.4 is 0 Å². The first-order valence-corrected chi connectivity index (χ1v) is 7.01. The predicted molar refractivity (Wildman–Crippen MR) is 77.0 cm³/mol. The lowest BCUT2D eigenvalue weighted by Crippen LogP contribution is -2.03. The Balaban J connectivity index is 2.16. The van der Waals surface area contributed by atoms with Gasteiger partial charge in [0.05, 0.1) is 6.61 Å². The number of rotatable bonds is 7. The fourth-order valence-corrected chi connectivity index (χ4v) is 1.55. The van der Waals surface area contributed by atoms with E-state index in [9.17, 15) is 9.59 Å². The smallest absolute Gasteiger partial charge is 0.447 e. The van der Waals surface area contributed by atoms with Crippen molar-refractivity contribution in [2.45, 2.75) is 39.2 Å². The van der Waals surface area contributed by atoms with Crippen molar-refractivity contribution in [2.75, 3.05) is 6.61 Å². The van der Waals surface area contributed by atoms with Crippen LogP contribution >= 0.6 is 0 Å². The number of hydrogen-bond donors (Lipinski definition) is 0. The topological polar surface area (TPSA) is 77.3 Å². The quantitative estimate of drug-likeness (QED) is 0.548. The van der Waals surface area contributed by atoms with Crippen LogP contribution in [0.1, 0.15) is 38.2 Å². The monoisotopic (exact) mass is 292 g/mol. The molecule has 1 aromatic carbocycles. The lowest BCUT2D eigenvalue weighted by Gasteiger charge is -2.01. The van der Waals surface area contributed by atoms with E-state index in [1.807, 2.05) is 30.3 Å². The van der Waals surface area contributed by atoms with Gasteiger partial charge in [-0.15, -0.1) is 0 Å². The van der Waals surface area contributed by atoms with Gasteiger partial charge < -0.3 is 9.47 Å². The van der Waals surface area contributed by atoms with E-state index >= 15 is 0 Å². The maximum absolute atomic E-state index is 11.2. The SMILES string of the molecule is CCCCCCOC(=O)N=NC(=O)OCc1ccccc1. The van der Waals surface area contributed by atoms with Crippen molar-refractivity contribution in [1.82, 2.24) is 0 Å². The van der Waals surface area contributed by atoms with Gasteiger partial charge in [0.15, 0.2) is 0 Å². The van der Waals surface area contributed by atoms with Crippen LogP contribution in [0.25, 0.3) is 0 Å². The van der Waals surface area contributed by atoms with Gasteiger partial charge in [0.2, 0.25) is 0 Å². The third kappa shape index (κ3) is 8.52. The first-order valence-electron chi connectivity index (χ1n) is 7.01. The minimum Gasteiger partial charge on any atom is -0.447 e. The van der Waals surface area contributed by atoms with Gasteiger partial charge in [-0.2, -0.15) is 0 Å². The summed E-state index contributed by atoms with van der Waals surface area (Å²) in [7, 11) is 0. The van der Waals surface area contributed by atoms with Gasteiger partial charge in [0, 0.05) is 0 Å². The largest absolute Gasteiger partial charge is 0.452 e. The number of carbonyl (C=O) groups excluding carboxylic acids is 2. The second kappa shape index (κ2) is 10.5. The Bertz CT molecular complexity index is 460. The second-order valence-electron chi connectivity index (χ2n) is 4.42. The van der Waals surface area contributed by atoms with Crippen molar-refractivity contribution in [1.29, 1.82) is 0 Å². The van der Waals surface area contributed by atoms with E-state index in [1.165, 1.54) is 0 Å². The van der Waals surface area contributed by atoms with Gasteiger partial charge in [-0.25, -0.2) is 9.59 Å². The molecule has 114 valence electrons. The van der Waals surface area contributed by atoms with Gasteiger partial charge >= 0.3 is 12.2 Å². The highest BCUT2D eigenvalue weighted by Gasteiger charge is 2.04. The summed E-state index contributed by atoms with van der Waals surface area (Å²) >= 11 is 0. The van der Waals surface area contributed by atoms with Crippen LogP contribution in [0, 0.1) is 0 Å². The Hall–Kier alpha value is -2.24. The van der Waals surface area contributed by atoms with E-state index in [0.29, 0.717) is 0 Å². The van der Waals surface area contributed by atoms with E-state index < -0.39 is 12.2 Å². The summed E-state index contributed by atoms with van der Waals surface area (Å²) in [6.07, 6.45) is 2.21. The highest BCUT2D eigenvalue weighted by Crippen LogP contribution is 2.02. The molecule has 2 amide bonds. The van der Waals surface area contributed by atoms with Gasteiger partial charge in [0.25, 0.3) is 0 Å². The molecule has 0 saturated heterocycles. The molecule has 0 aliphatic heterocycles. The molecular formula is C15H20N2O4. The van der Waals surface area contributed by atoms with Crippen LogP contribution in [0.5, 0.6) is 0 Å². The summed E-state index contributed by atoms with van der Waals surface area (Å²) in [6.45, 7) is 2.48. The molecule has 1 rings (SSSR count). The normalized spacial score (nSPS) is 10.5. The van der Waals surface area contributed by atoms with Gasteiger partial charge in [0.1, 0.15) is 6.61 Å². The van der Waals surface area contributed by atoms with Crippen molar-refractivity contribution in [2.24, 2.45) is 10.2 Å². The van der Waals surface area contributed by atoms with Crippen LogP contribution in [-0.4, -0.2) is 18.8 Å². The maximum atomic E-state index is 11.2. The van der Waals surface area contributed by atoms with Crippen molar-refractivity contribution in [3.63, 3.8) is 0 Å². The minimum atomic E-state index is -0.915. The number of hydrogen-bond acceptors (Lipinski definition) is 4. The molecule has 0 heterocycles. The Morgan fingerprint density at radius 1 is 0.952 bits per heavy atom. The summed E-state index contributed by atoms with van der Waals surface area (Å²) in [5, 5.41) is 6.29. The fraction of sp³-hybridized carbons (Fsp3) is 0.467. The molecule has 6 heteroatoms. The van der Waals surface area contributed by atoms with Gasteiger partial charge in [-0.05, 0) is 12.0 Å². The average molecular weight is 292 g/mol. The highest BCUT2D eigenvalue weighted by atomic mass is 16.6. The molecule has 0 aliphatic rings. The molecule has 0 unspecified atom stereocenters. The molecule has 0 saturated carbocycles. The van der Waals surface area contributed by atoms with Crippen LogP contribution in [0.2, 0.25) is 0 Å². The maximum Gasteiger partial charge on any atom is 0.452 e. The Morgan fingerprint density at radius 3 is 2.29 bits per heavy atom. The lowest BCUT2D eigenvalue weighted by atomic mass is 10.2. The van der Waals surface area contributed by atoms with Crippen molar-refractivity contribution in [3.8, 4) is 0 Å². The number of nitrogens with zero attached hydrogens (tertiary/aromatic N) is 2. The summed E-state index contributed by atoms with van der Waals surface area (Å²) in [6, 6.07) is 9.16. The summed E-state index contributed by atoms with van der Waals surface area (Å²) < 4.78 is 9.62. The first-order chi connectivity index (χ1) is 10.2. The van der Waals surface area contributed by atoms with Crippen LogP contribution in [0.3, 0.4) is 0 Å². The standard InChI is InChI=1S/C15H20N2O4/c1-2-3-4-8-11-20-14(18)16-17-15(19)21-12-13-9-6-5-7-10-13/h5-7,9-10H,2-4,8,11-12H2,1H3. The molecule has 0 bridgehead atoms. The summed E-state index contributed by atoms with van der Waals surface area (Å²) in [5.41, 5.74) is 0.833. The molecule has 0 spiro atoms. The fourth-order valence-electron chi connectivity index (χ4n) is 1.55. The lowest BCUT2D eigenvalue weighted by molar-refractivity contribution is 0.141. The van der Waals surface area contributed by atoms with Crippen LogP contribution in [-0.2, 0) is 16.1 Å². The summed E-state index contributed by atoms with van der Waals surface area (Å²) in [4.78, 5) is 22.4. The highest BCUT2D eigenvalue weighted by molar-refractivity contribution is 5.73. The number of azo groups is 1. The first kappa shape index (κ1) is 16.8. The Kier molecular flexibility index (Phi) is 8.44. The second-order valence-corrected chi connectivity index (χ2v) is 4.42. The third-order valence-corrected chi connectivity index (χ3v) is 2.64. The molecule has 0 aromatic heterocycles. The molecule has 0 N–H and O–H groups in total. The van der Waals surface area contributed by atoms with E-state index in [1.54, 1.807) is 0 Å². The van der Waals surface area contributed by atoms with Crippen molar-refractivity contribution < 1.29 is 19.1 Å². The molecular weight excluding hydrogens is 272 g/mol. The summed E-state index contributed by atoms with van der Waals surface area (Å²) in [5.74, 6) is 0. The molecule has 21 heavy (non-hydrogen) atoms. The third-order valence-electron chi connectivity index (χ3n) is 2.64. The minimum absolute atomic E-state index is 0.0881. The molecule has 0 aliphatic carbocycles. The van der Waals surface area contributed by atoms with E-state index in [0.717, 1.165) is 31.2 Å². The van der Waals surface area contributed by atoms with Crippen molar-refractivity contribution >= 4 is 12.2 Å². The molecule has 1 aromatic rings. The van der Waals surface area contributed by atoms with Crippen molar-refractivity contribution in [3.05, 3.63) is 35.9 Å². The average Bonchev–Trinajstić information content (AvgIpc) is 2.51. The Morgan fingerprint density at radius 2 is 1.62 bits per heavy atom. The number of benzene rings is 1. The molecule has 6 nitrogen and oxygen atoms in total. The van der Waals surface area contributed by atoms with Gasteiger partial charge in [-0.3, -0.25) is 0 Å². The van der Waals surface area contributed by atoms with Crippen LogP contribution in [0.15, 0.2) is 40.6 Å². The molecule has 0 atom stereocenters. The van der Waals surface area contributed by atoms with Crippen LogP contribution in [0.4, 0.5) is 9.59 Å². The number of unbranched alkanes of at least 4 members (excludes halogenated alkanes) is 3. The molecule has 0 radical (unpaired) electrons. The number of amides is 2. The zero-order valence-corrected chi connectivity index (χ0v) is 12.2. The number of carbonyl (C=O) groups is 2. The van der Waals surface area contributed by atoms with E-state index in [2.05, 4.69) is 17.2 Å². The zero-order chi connectivity index (χ0) is 15.3. The molecule has 0 fully saturated rings. The number of ether oxygens (including phenoxy) is 2. The zero-order valence-electron chi connectivity index (χ0n) is 12.2. The predicted octanol–water partition coefficient (Wildman–Crippen LogP) is 4.49.